The Morgan fingerprint density at radius 3 is 3.11 bits per heavy atom. The maximum Gasteiger partial charge on any atom is 0.195 e. The Hall–Kier alpha value is -2.84. The molecular weight excluding hydrogens is 346 g/mol. The molecule has 0 bridgehead atoms. The molecule has 3 aromatic heterocycles. The Morgan fingerprint density at radius 1 is 1.37 bits per heavy atom. The van der Waals surface area contributed by atoms with E-state index in [1.165, 1.54) is 12.5 Å². The first kappa shape index (κ1) is 17.6. The molecule has 1 fully saturated rings. The SMILES string of the molecule is Nc1cc(C(=O)c2cn(CCOC3CCCCO3)c3ncncc23)ccn1. The van der Waals surface area contributed by atoms with Crippen LogP contribution in [0.2, 0.25) is 0 Å². The number of aromatic nitrogens is 4. The quantitative estimate of drug-likeness (QED) is 0.666. The zero-order chi connectivity index (χ0) is 18.6. The molecule has 0 saturated carbocycles. The molecule has 4 rings (SSSR count). The number of hydrogen-bond donors (Lipinski definition) is 1. The number of carbonyl (C=O) groups is 1. The predicted octanol–water partition coefficient (Wildman–Crippen LogP) is 2.18. The number of nitrogens with zero attached hydrogens (tertiary/aromatic N) is 4. The van der Waals surface area contributed by atoms with E-state index in [0.717, 1.165) is 25.9 Å². The number of pyridine rings is 1. The standard InChI is InChI=1S/C19H21N5O3/c20-16-9-13(4-5-22-16)18(25)15-11-24(19-14(15)10-21-12-23-19)6-8-27-17-3-1-2-7-26-17/h4-5,9-12,17H,1-3,6-8H2,(H2,20,22). The number of hydrogen-bond acceptors (Lipinski definition) is 7. The van der Waals surface area contributed by atoms with Crippen molar-refractivity contribution in [2.75, 3.05) is 18.9 Å². The van der Waals surface area contributed by atoms with Crippen LogP contribution in [0.1, 0.15) is 35.2 Å². The smallest absolute Gasteiger partial charge is 0.195 e. The van der Waals surface area contributed by atoms with E-state index in [4.69, 9.17) is 15.2 Å². The lowest BCUT2D eigenvalue weighted by atomic mass is 10.1. The monoisotopic (exact) mass is 367 g/mol. The first-order valence-corrected chi connectivity index (χ1v) is 9.00. The van der Waals surface area contributed by atoms with Gasteiger partial charge in [-0.2, -0.15) is 0 Å². The fourth-order valence-corrected chi connectivity index (χ4v) is 3.25. The van der Waals surface area contributed by atoms with Crippen LogP contribution in [0.3, 0.4) is 0 Å². The summed E-state index contributed by atoms with van der Waals surface area (Å²) in [6.07, 6.45) is 9.43. The molecule has 27 heavy (non-hydrogen) atoms. The van der Waals surface area contributed by atoms with E-state index in [-0.39, 0.29) is 12.1 Å². The van der Waals surface area contributed by atoms with E-state index < -0.39 is 0 Å². The lowest BCUT2D eigenvalue weighted by Crippen LogP contribution is -2.23. The Bertz CT molecular complexity index is 949. The third-order valence-corrected chi connectivity index (χ3v) is 4.60. The first-order chi connectivity index (χ1) is 13.2. The van der Waals surface area contributed by atoms with Crippen molar-refractivity contribution in [3.05, 3.63) is 48.2 Å². The minimum Gasteiger partial charge on any atom is -0.384 e. The van der Waals surface area contributed by atoms with E-state index in [9.17, 15) is 4.79 Å². The molecule has 0 spiro atoms. The van der Waals surface area contributed by atoms with Gasteiger partial charge in [-0.1, -0.05) is 0 Å². The summed E-state index contributed by atoms with van der Waals surface area (Å²) >= 11 is 0. The summed E-state index contributed by atoms with van der Waals surface area (Å²) in [7, 11) is 0. The molecule has 0 amide bonds. The molecule has 8 nitrogen and oxygen atoms in total. The molecule has 1 atom stereocenters. The molecule has 140 valence electrons. The largest absolute Gasteiger partial charge is 0.384 e. The minimum absolute atomic E-state index is 0.140. The molecule has 0 aromatic carbocycles. The maximum absolute atomic E-state index is 12.9. The number of rotatable bonds is 6. The zero-order valence-electron chi connectivity index (χ0n) is 14.9. The summed E-state index contributed by atoms with van der Waals surface area (Å²) < 4.78 is 13.3. The van der Waals surface area contributed by atoms with Crippen molar-refractivity contribution in [3.63, 3.8) is 0 Å². The third-order valence-electron chi connectivity index (χ3n) is 4.60. The van der Waals surface area contributed by atoms with Gasteiger partial charge in [-0.3, -0.25) is 4.79 Å². The highest BCUT2D eigenvalue weighted by atomic mass is 16.7. The van der Waals surface area contributed by atoms with Crippen molar-refractivity contribution in [3.8, 4) is 0 Å². The van der Waals surface area contributed by atoms with E-state index in [1.807, 2.05) is 4.57 Å². The van der Waals surface area contributed by atoms with Gasteiger partial charge in [0, 0.05) is 42.7 Å². The summed E-state index contributed by atoms with van der Waals surface area (Å²) in [5, 5.41) is 0.701. The fraction of sp³-hybridized carbons (Fsp3) is 0.368. The van der Waals surface area contributed by atoms with Gasteiger partial charge >= 0.3 is 0 Å². The van der Waals surface area contributed by atoms with Crippen LogP contribution in [0.4, 0.5) is 5.82 Å². The van der Waals surface area contributed by atoms with Gasteiger partial charge in [-0.05, 0) is 31.4 Å². The number of carbonyl (C=O) groups excluding carboxylic acids is 1. The highest BCUT2D eigenvalue weighted by Gasteiger charge is 2.19. The highest BCUT2D eigenvalue weighted by molar-refractivity contribution is 6.16. The second kappa shape index (κ2) is 7.81. The molecule has 2 N–H and O–H groups in total. The van der Waals surface area contributed by atoms with Crippen molar-refractivity contribution in [2.24, 2.45) is 0 Å². The van der Waals surface area contributed by atoms with Crippen LogP contribution in [0.25, 0.3) is 11.0 Å². The van der Waals surface area contributed by atoms with Crippen LogP contribution in [0.5, 0.6) is 0 Å². The zero-order valence-corrected chi connectivity index (χ0v) is 14.9. The number of nitrogens with two attached hydrogens (primary N) is 1. The minimum atomic E-state index is -0.143. The molecule has 1 aliphatic heterocycles. The number of anilines is 1. The summed E-state index contributed by atoms with van der Waals surface area (Å²) in [4.78, 5) is 25.3. The van der Waals surface area contributed by atoms with E-state index >= 15 is 0 Å². The van der Waals surface area contributed by atoms with Crippen LogP contribution >= 0.6 is 0 Å². The van der Waals surface area contributed by atoms with Gasteiger partial charge in [0.05, 0.1) is 12.2 Å². The summed E-state index contributed by atoms with van der Waals surface area (Å²) in [5.41, 5.74) is 7.42. The van der Waals surface area contributed by atoms with Crippen molar-refractivity contribution < 1.29 is 14.3 Å². The van der Waals surface area contributed by atoms with Crippen molar-refractivity contribution in [1.29, 1.82) is 0 Å². The summed E-state index contributed by atoms with van der Waals surface area (Å²) in [6, 6.07) is 3.22. The Balaban J connectivity index is 1.56. The van der Waals surface area contributed by atoms with Crippen LogP contribution in [0.15, 0.2) is 37.1 Å². The van der Waals surface area contributed by atoms with E-state index in [0.29, 0.717) is 41.1 Å². The number of fused-ring (bicyclic) bond motifs is 1. The second-order valence-corrected chi connectivity index (χ2v) is 6.46. The summed E-state index contributed by atoms with van der Waals surface area (Å²) in [5.74, 6) is 0.168. The number of ketones is 1. The van der Waals surface area contributed by atoms with Gasteiger partial charge in [-0.15, -0.1) is 0 Å². The third kappa shape index (κ3) is 3.81. The number of nitrogen functional groups attached to an aromatic ring is 1. The van der Waals surface area contributed by atoms with Crippen LogP contribution < -0.4 is 5.73 Å². The van der Waals surface area contributed by atoms with Gasteiger partial charge < -0.3 is 19.8 Å². The Kier molecular flexibility index (Phi) is 5.08. The van der Waals surface area contributed by atoms with Crippen molar-refractivity contribution in [2.45, 2.75) is 32.1 Å². The molecular formula is C19H21N5O3. The second-order valence-electron chi connectivity index (χ2n) is 6.46. The average molecular weight is 367 g/mol. The van der Waals surface area contributed by atoms with Crippen molar-refractivity contribution in [1.82, 2.24) is 19.5 Å². The van der Waals surface area contributed by atoms with Gasteiger partial charge in [0.2, 0.25) is 0 Å². The predicted molar refractivity (Wildman–Crippen MR) is 99.2 cm³/mol. The van der Waals surface area contributed by atoms with E-state index in [2.05, 4.69) is 15.0 Å². The Morgan fingerprint density at radius 2 is 2.30 bits per heavy atom. The lowest BCUT2D eigenvalue weighted by Gasteiger charge is -2.22. The average Bonchev–Trinajstić information content (AvgIpc) is 3.07. The van der Waals surface area contributed by atoms with E-state index in [1.54, 1.807) is 24.5 Å². The fourth-order valence-electron chi connectivity index (χ4n) is 3.25. The van der Waals surface area contributed by atoms with Gasteiger partial charge in [-0.25, -0.2) is 15.0 Å². The molecule has 0 aliphatic carbocycles. The van der Waals surface area contributed by atoms with Crippen LogP contribution in [0, 0.1) is 0 Å². The van der Waals surface area contributed by atoms with Gasteiger partial charge in [0.25, 0.3) is 0 Å². The molecule has 1 aliphatic rings. The molecule has 8 heteroatoms. The maximum atomic E-state index is 12.9. The summed E-state index contributed by atoms with van der Waals surface area (Å²) in [6.45, 7) is 1.80. The molecule has 0 radical (unpaired) electrons. The van der Waals surface area contributed by atoms with Gasteiger partial charge in [0.15, 0.2) is 12.1 Å². The lowest BCUT2D eigenvalue weighted by molar-refractivity contribution is -0.163. The topological polar surface area (TPSA) is 105 Å². The van der Waals surface area contributed by atoms with Gasteiger partial charge in [0.1, 0.15) is 17.8 Å². The normalized spacial score (nSPS) is 17.3. The molecule has 1 unspecified atom stereocenters. The highest BCUT2D eigenvalue weighted by Crippen LogP contribution is 2.22. The van der Waals surface area contributed by atoms with Crippen LogP contribution in [-0.2, 0) is 16.0 Å². The molecule has 3 aromatic rings. The van der Waals surface area contributed by atoms with Crippen LogP contribution in [-0.4, -0.2) is 44.8 Å². The molecule has 1 saturated heterocycles. The Labute approximate surface area is 156 Å². The number of ether oxygens (including phenoxy) is 2. The first-order valence-electron chi connectivity index (χ1n) is 9.00. The van der Waals surface area contributed by atoms with Crippen molar-refractivity contribution >= 4 is 22.6 Å². The molecule has 4 heterocycles.